The molecule has 1 aromatic heterocycles. The van der Waals surface area contributed by atoms with Gasteiger partial charge in [-0.15, -0.1) is 11.3 Å². The Morgan fingerprint density at radius 3 is 3.05 bits per heavy atom. The SMILES string of the molecule is Cc1cc(C(=O)NCCCC2CC2)sc1C#CCO. The summed E-state index contributed by atoms with van der Waals surface area (Å²) in [6.07, 6.45) is 5.03. The number of aliphatic hydroxyl groups excluding tert-OH is 1. The van der Waals surface area contributed by atoms with Crippen molar-refractivity contribution in [3.05, 3.63) is 21.4 Å². The normalized spacial score (nSPS) is 13.8. The van der Waals surface area contributed by atoms with Crippen LogP contribution < -0.4 is 5.32 Å². The number of hydrogen-bond donors (Lipinski definition) is 2. The highest BCUT2D eigenvalue weighted by Gasteiger charge is 2.20. The van der Waals surface area contributed by atoms with Gasteiger partial charge in [0, 0.05) is 6.54 Å². The highest BCUT2D eigenvalue weighted by molar-refractivity contribution is 7.14. The highest BCUT2D eigenvalue weighted by atomic mass is 32.1. The van der Waals surface area contributed by atoms with Crippen LogP contribution >= 0.6 is 11.3 Å². The van der Waals surface area contributed by atoms with Crippen molar-refractivity contribution < 1.29 is 9.90 Å². The molecule has 2 rings (SSSR count). The maximum absolute atomic E-state index is 11.9. The Bertz CT molecular complexity index is 506. The molecular formula is C15H19NO2S. The molecule has 3 nitrogen and oxygen atoms in total. The molecule has 0 spiro atoms. The van der Waals surface area contributed by atoms with Gasteiger partial charge in [0.05, 0.1) is 9.75 Å². The molecule has 0 saturated heterocycles. The van der Waals surface area contributed by atoms with Crippen molar-refractivity contribution in [3.8, 4) is 11.8 Å². The number of amides is 1. The van der Waals surface area contributed by atoms with Crippen LogP contribution in [0.15, 0.2) is 6.07 Å². The van der Waals surface area contributed by atoms with Crippen LogP contribution in [0.1, 0.15) is 45.8 Å². The Kier molecular flexibility index (Phi) is 5.00. The van der Waals surface area contributed by atoms with Crippen LogP contribution in [-0.2, 0) is 0 Å². The molecule has 1 heterocycles. The summed E-state index contributed by atoms with van der Waals surface area (Å²) in [5, 5.41) is 11.6. The van der Waals surface area contributed by atoms with E-state index in [4.69, 9.17) is 5.11 Å². The molecule has 0 aromatic carbocycles. The first-order chi connectivity index (χ1) is 9.20. The standard InChI is InChI=1S/C15H19NO2S/c1-11-10-14(19-13(11)5-3-9-17)15(18)16-8-2-4-12-6-7-12/h10,12,17H,2,4,6-9H2,1H3,(H,16,18). The van der Waals surface area contributed by atoms with Gasteiger partial charge >= 0.3 is 0 Å². The zero-order valence-electron chi connectivity index (χ0n) is 11.2. The molecular weight excluding hydrogens is 258 g/mol. The van der Waals surface area contributed by atoms with E-state index in [2.05, 4.69) is 17.2 Å². The summed E-state index contributed by atoms with van der Waals surface area (Å²) in [5.41, 5.74) is 0.995. The lowest BCUT2D eigenvalue weighted by atomic mass is 10.2. The minimum absolute atomic E-state index is 0.0130. The first kappa shape index (κ1) is 14.1. The van der Waals surface area contributed by atoms with Crippen molar-refractivity contribution >= 4 is 17.2 Å². The van der Waals surface area contributed by atoms with Crippen LogP contribution in [0.4, 0.5) is 0 Å². The lowest BCUT2D eigenvalue weighted by molar-refractivity contribution is 0.0957. The van der Waals surface area contributed by atoms with E-state index in [0.29, 0.717) is 4.88 Å². The molecule has 1 fully saturated rings. The number of hydrogen-bond acceptors (Lipinski definition) is 3. The van der Waals surface area contributed by atoms with Crippen LogP contribution in [0.5, 0.6) is 0 Å². The van der Waals surface area contributed by atoms with Gasteiger partial charge in [0.1, 0.15) is 6.61 Å². The van der Waals surface area contributed by atoms with Gasteiger partial charge in [-0.25, -0.2) is 0 Å². The Labute approximate surface area is 118 Å². The second-order valence-electron chi connectivity index (χ2n) is 4.92. The lowest BCUT2D eigenvalue weighted by Gasteiger charge is -2.02. The zero-order chi connectivity index (χ0) is 13.7. The minimum atomic E-state index is -0.153. The van der Waals surface area contributed by atoms with E-state index in [-0.39, 0.29) is 12.5 Å². The Balaban J connectivity index is 1.83. The highest BCUT2D eigenvalue weighted by Crippen LogP contribution is 2.33. The van der Waals surface area contributed by atoms with Crippen molar-refractivity contribution in [2.45, 2.75) is 32.6 Å². The van der Waals surface area contributed by atoms with E-state index in [1.54, 1.807) is 0 Å². The fraction of sp³-hybridized carbons (Fsp3) is 0.533. The smallest absolute Gasteiger partial charge is 0.261 e. The number of aliphatic hydroxyl groups is 1. The van der Waals surface area contributed by atoms with Crippen LogP contribution in [0.25, 0.3) is 0 Å². The maximum atomic E-state index is 11.9. The summed E-state index contributed by atoms with van der Waals surface area (Å²) >= 11 is 1.39. The average Bonchev–Trinajstić information content (AvgIpc) is 3.15. The summed E-state index contributed by atoms with van der Waals surface area (Å²) in [4.78, 5) is 13.5. The average molecular weight is 277 g/mol. The molecule has 1 aliphatic rings. The van der Waals surface area contributed by atoms with E-state index in [1.165, 1.54) is 30.6 Å². The van der Waals surface area contributed by atoms with Crippen LogP contribution in [0.3, 0.4) is 0 Å². The second kappa shape index (κ2) is 6.74. The van der Waals surface area contributed by atoms with Gasteiger partial charge in [-0.2, -0.15) is 0 Å². The molecule has 1 amide bonds. The van der Waals surface area contributed by atoms with E-state index >= 15 is 0 Å². The van der Waals surface area contributed by atoms with E-state index in [9.17, 15) is 4.79 Å². The molecule has 19 heavy (non-hydrogen) atoms. The fourth-order valence-electron chi connectivity index (χ4n) is 1.92. The van der Waals surface area contributed by atoms with Gasteiger partial charge in [0.15, 0.2) is 0 Å². The predicted octanol–water partition coefficient (Wildman–Crippen LogP) is 2.32. The second-order valence-corrected chi connectivity index (χ2v) is 5.98. The third-order valence-electron chi connectivity index (χ3n) is 3.19. The van der Waals surface area contributed by atoms with Gasteiger partial charge in [-0.3, -0.25) is 4.79 Å². The molecule has 1 aliphatic carbocycles. The quantitative estimate of drug-likeness (QED) is 0.641. The summed E-state index contributed by atoms with van der Waals surface area (Å²) < 4.78 is 0. The fourth-order valence-corrected chi connectivity index (χ4v) is 2.89. The molecule has 4 heteroatoms. The molecule has 1 saturated carbocycles. The van der Waals surface area contributed by atoms with E-state index in [0.717, 1.165) is 29.3 Å². The van der Waals surface area contributed by atoms with E-state index < -0.39 is 0 Å². The molecule has 102 valence electrons. The molecule has 0 bridgehead atoms. The predicted molar refractivity (Wildman–Crippen MR) is 77.3 cm³/mol. The molecule has 2 N–H and O–H groups in total. The van der Waals surface area contributed by atoms with Crippen molar-refractivity contribution in [2.75, 3.05) is 13.2 Å². The Morgan fingerprint density at radius 1 is 1.58 bits per heavy atom. The van der Waals surface area contributed by atoms with Crippen molar-refractivity contribution in [1.29, 1.82) is 0 Å². The number of carbonyl (C=O) groups excluding carboxylic acids is 1. The van der Waals surface area contributed by atoms with Gasteiger partial charge < -0.3 is 10.4 Å². The summed E-state index contributed by atoms with van der Waals surface area (Å²) in [5.74, 6) is 6.39. The van der Waals surface area contributed by atoms with Gasteiger partial charge in [0.2, 0.25) is 0 Å². The van der Waals surface area contributed by atoms with Crippen LogP contribution in [-0.4, -0.2) is 24.2 Å². The summed E-state index contributed by atoms with van der Waals surface area (Å²) in [6, 6.07) is 1.86. The lowest BCUT2D eigenvalue weighted by Crippen LogP contribution is -2.23. The monoisotopic (exact) mass is 277 g/mol. The zero-order valence-corrected chi connectivity index (χ0v) is 12.0. The third kappa shape index (κ3) is 4.38. The topological polar surface area (TPSA) is 49.3 Å². The number of carbonyl (C=O) groups is 1. The van der Waals surface area contributed by atoms with Crippen molar-refractivity contribution in [3.63, 3.8) is 0 Å². The number of nitrogens with one attached hydrogen (secondary N) is 1. The van der Waals surface area contributed by atoms with Gasteiger partial charge in [-0.05, 0) is 37.3 Å². The number of rotatable bonds is 5. The Morgan fingerprint density at radius 2 is 2.37 bits per heavy atom. The third-order valence-corrected chi connectivity index (χ3v) is 4.35. The number of aryl methyl sites for hydroxylation is 1. The largest absolute Gasteiger partial charge is 0.384 e. The molecule has 0 atom stereocenters. The first-order valence-electron chi connectivity index (χ1n) is 6.69. The minimum Gasteiger partial charge on any atom is -0.384 e. The van der Waals surface area contributed by atoms with Crippen molar-refractivity contribution in [1.82, 2.24) is 5.32 Å². The summed E-state index contributed by atoms with van der Waals surface area (Å²) in [7, 11) is 0. The van der Waals surface area contributed by atoms with Crippen LogP contribution in [0.2, 0.25) is 0 Å². The van der Waals surface area contributed by atoms with Crippen molar-refractivity contribution in [2.24, 2.45) is 5.92 Å². The van der Waals surface area contributed by atoms with Crippen LogP contribution in [0, 0.1) is 24.7 Å². The number of thiophene rings is 1. The van der Waals surface area contributed by atoms with E-state index in [1.807, 2.05) is 13.0 Å². The van der Waals surface area contributed by atoms with Gasteiger partial charge in [0.25, 0.3) is 5.91 Å². The Hall–Kier alpha value is -1.31. The first-order valence-corrected chi connectivity index (χ1v) is 7.50. The molecule has 0 radical (unpaired) electrons. The molecule has 1 aromatic rings. The molecule has 0 unspecified atom stereocenters. The van der Waals surface area contributed by atoms with Gasteiger partial charge in [-0.1, -0.05) is 24.7 Å². The maximum Gasteiger partial charge on any atom is 0.261 e. The summed E-state index contributed by atoms with van der Waals surface area (Å²) in [6.45, 7) is 2.53. The molecule has 0 aliphatic heterocycles.